The third-order valence-corrected chi connectivity index (χ3v) is 7.23. The maximum absolute atomic E-state index is 13.5. The Morgan fingerprint density at radius 1 is 0.690 bits per heavy atom. The molecular weight excluding hydrogens is 564 g/mol. The maximum atomic E-state index is 13.5. The van der Waals surface area contributed by atoms with Crippen LogP contribution in [0.1, 0.15) is 13.8 Å². The quantitative estimate of drug-likeness (QED) is 0.172. The number of rotatable bonds is 5. The summed E-state index contributed by atoms with van der Waals surface area (Å²) in [5.41, 5.74) is -1.24. The summed E-state index contributed by atoms with van der Waals surface area (Å²) < 4.78 is 27.8. The number of benzene rings is 2. The average molecular weight is 595 g/mol. The molecule has 1 aromatic heterocycles. The average Bonchev–Trinajstić information content (AvgIpc) is 2.94. The van der Waals surface area contributed by atoms with Crippen LogP contribution in [0.3, 0.4) is 0 Å². The number of aromatic hydroxyl groups is 3. The first-order valence-electron chi connectivity index (χ1n) is 12.9. The fourth-order valence-corrected chi connectivity index (χ4v) is 4.79. The van der Waals surface area contributed by atoms with Crippen LogP contribution in [0.4, 0.5) is 0 Å². The summed E-state index contributed by atoms with van der Waals surface area (Å²) in [6.07, 6.45) is -14.6. The van der Waals surface area contributed by atoms with E-state index in [4.69, 9.17) is 23.4 Å². The first-order valence-corrected chi connectivity index (χ1v) is 12.9. The smallest absolute Gasteiger partial charge is 0.239 e. The lowest BCUT2D eigenvalue weighted by Gasteiger charge is -2.39. The van der Waals surface area contributed by atoms with Gasteiger partial charge in [-0.05, 0) is 32.0 Å². The van der Waals surface area contributed by atoms with Gasteiger partial charge in [-0.15, -0.1) is 0 Å². The second-order valence-corrected chi connectivity index (χ2v) is 10.2. The zero-order chi connectivity index (χ0) is 30.6. The summed E-state index contributed by atoms with van der Waals surface area (Å²) in [4.78, 5) is 13.5. The molecule has 0 radical (unpaired) electrons. The SMILES string of the molecule is C[C@@H]1O[C@@H](Oc2ccc(-c3oc4cc(O)cc(O)c4c(=O)c3O[C@@H]3O[C@@H](C)[C@H](O)[C@@H](O)[C@H]3O)cc2O)[C@H](O)[C@H](O)[C@H]1O. The lowest BCUT2D eigenvalue weighted by molar-refractivity contribution is -0.268. The van der Waals surface area contributed by atoms with Crippen molar-refractivity contribution in [2.75, 3.05) is 0 Å². The van der Waals surface area contributed by atoms with E-state index in [9.17, 15) is 50.8 Å². The van der Waals surface area contributed by atoms with Crippen molar-refractivity contribution in [3.63, 3.8) is 0 Å². The zero-order valence-corrected chi connectivity index (χ0v) is 22.1. The molecule has 0 aliphatic carbocycles. The molecule has 2 aliphatic rings. The number of phenolic OH excluding ortho intramolecular Hbond substituents is 3. The van der Waals surface area contributed by atoms with Crippen LogP contribution >= 0.6 is 0 Å². The van der Waals surface area contributed by atoms with Gasteiger partial charge in [0, 0.05) is 17.7 Å². The van der Waals surface area contributed by atoms with Gasteiger partial charge in [0.05, 0.1) is 12.2 Å². The van der Waals surface area contributed by atoms with Crippen LogP contribution in [0.5, 0.6) is 28.7 Å². The van der Waals surface area contributed by atoms with Crippen LogP contribution in [0.2, 0.25) is 0 Å². The largest absolute Gasteiger partial charge is 0.508 e. The maximum Gasteiger partial charge on any atom is 0.239 e. The van der Waals surface area contributed by atoms with E-state index in [-0.39, 0.29) is 22.7 Å². The Hall–Kier alpha value is -3.67. The molecule has 0 unspecified atom stereocenters. The fraction of sp³-hybridized carbons (Fsp3) is 0.444. The summed E-state index contributed by atoms with van der Waals surface area (Å²) in [7, 11) is 0. The number of hydrogen-bond acceptors (Lipinski definition) is 15. The van der Waals surface area contributed by atoms with Gasteiger partial charge in [-0.2, -0.15) is 0 Å². The Morgan fingerprint density at radius 3 is 1.83 bits per heavy atom. The molecule has 2 aliphatic heterocycles. The second-order valence-electron chi connectivity index (χ2n) is 10.2. The molecule has 15 heteroatoms. The predicted molar refractivity (Wildman–Crippen MR) is 139 cm³/mol. The standard InChI is InChI=1S/C27H30O15/c1-8-17(31)20(34)22(36)26(38-8)41-14-4-3-10(5-12(14)29)24-25(42-27-23(37)21(35)18(32)9(2)39-27)19(33)16-13(30)6-11(28)7-15(16)40-24/h3-9,17-18,20-23,26-32,34-37H,1-2H3/t8-,9-,17-,18-,20+,21+,22+,23+,26-,27-/m0/s1. The minimum Gasteiger partial charge on any atom is -0.508 e. The highest BCUT2D eigenvalue weighted by molar-refractivity contribution is 5.88. The molecule has 10 atom stereocenters. The highest BCUT2D eigenvalue weighted by Crippen LogP contribution is 2.40. The molecule has 3 heterocycles. The Kier molecular flexibility index (Phi) is 7.95. The minimum absolute atomic E-state index is 0.00968. The molecule has 9 N–H and O–H groups in total. The molecule has 0 amide bonds. The highest BCUT2D eigenvalue weighted by atomic mass is 16.7. The highest BCUT2D eigenvalue weighted by Gasteiger charge is 2.45. The first kappa shape index (κ1) is 29.8. The van der Waals surface area contributed by atoms with Crippen molar-refractivity contribution in [1.29, 1.82) is 0 Å². The Balaban J connectivity index is 1.56. The number of aliphatic hydroxyl groups is 6. The van der Waals surface area contributed by atoms with E-state index < -0.39 is 95.2 Å². The van der Waals surface area contributed by atoms with E-state index in [1.54, 1.807) is 0 Å². The third kappa shape index (κ3) is 5.21. The van der Waals surface area contributed by atoms with Crippen molar-refractivity contribution < 1.29 is 69.3 Å². The minimum atomic E-state index is -1.81. The lowest BCUT2D eigenvalue weighted by Crippen LogP contribution is -2.58. The fourth-order valence-electron chi connectivity index (χ4n) is 4.79. The van der Waals surface area contributed by atoms with E-state index in [1.165, 1.54) is 26.0 Å². The summed E-state index contributed by atoms with van der Waals surface area (Å²) in [5.74, 6) is -2.83. The van der Waals surface area contributed by atoms with Gasteiger partial charge in [0.1, 0.15) is 59.1 Å². The van der Waals surface area contributed by atoms with Gasteiger partial charge < -0.3 is 69.3 Å². The van der Waals surface area contributed by atoms with Crippen LogP contribution in [0.15, 0.2) is 39.5 Å². The van der Waals surface area contributed by atoms with Crippen LogP contribution in [-0.4, -0.2) is 107 Å². The van der Waals surface area contributed by atoms with E-state index in [1.807, 2.05) is 0 Å². The Labute approximate surface area is 236 Å². The van der Waals surface area contributed by atoms with Crippen LogP contribution in [-0.2, 0) is 9.47 Å². The number of aliphatic hydroxyl groups excluding tert-OH is 6. The topological polar surface area (TPSA) is 249 Å². The number of fused-ring (bicyclic) bond motifs is 1. The van der Waals surface area contributed by atoms with Crippen molar-refractivity contribution in [2.24, 2.45) is 0 Å². The van der Waals surface area contributed by atoms with Gasteiger partial charge in [-0.1, -0.05) is 0 Å². The van der Waals surface area contributed by atoms with E-state index >= 15 is 0 Å². The van der Waals surface area contributed by atoms with E-state index in [0.717, 1.165) is 18.2 Å². The molecule has 42 heavy (non-hydrogen) atoms. The van der Waals surface area contributed by atoms with Crippen molar-refractivity contribution in [1.82, 2.24) is 0 Å². The van der Waals surface area contributed by atoms with Crippen molar-refractivity contribution in [3.8, 4) is 40.1 Å². The van der Waals surface area contributed by atoms with Crippen LogP contribution in [0, 0.1) is 0 Å². The molecule has 2 saturated heterocycles. The molecule has 2 fully saturated rings. The second kappa shape index (κ2) is 11.2. The van der Waals surface area contributed by atoms with Gasteiger partial charge in [0.25, 0.3) is 0 Å². The number of ether oxygens (including phenoxy) is 4. The molecular formula is C27H30O15. The van der Waals surface area contributed by atoms with Crippen molar-refractivity contribution in [2.45, 2.75) is 75.3 Å². The van der Waals surface area contributed by atoms with Gasteiger partial charge in [-0.3, -0.25) is 4.79 Å². The van der Waals surface area contributed by atoms with Crippen LogP contribution in [0.25, 0.3) is 22.3 Å². The predicted octanol–water partition coefficient (Wildman–Crippen LogP) is -1.01. The normalized spacial score (nSPS) is 33.4. The van der Waals surface area contributed by atoms with Crippen molar-refractivity contribution >= 4 is 11.0 Å². The summed E-state index contributed by atoms with van der Waals surface area (Å²) in [6, 6.07) is 5.55. The van der Waals surface area contributed by atoms with Gasteiger partial charge >= 0.3 is 0 Å². The molecule has 0 spiro atoms. The summed E-state index contributed by atoms with van der Waals surface area (Å²) in [5, 5.41) is 91.5. The summed E-state index contributed by atoms with van der Waals surface area (Å²) >= 11 is 0. The Bertz CT molecular complexity index is 1520. The molecule has 228 valence electrons. The molecule has 15 nitrogen and oxygen atoms in total. The van der Waals surface area contributed by atoms with Crippen LogP contribution < -0.4 is 14.9 Å². The zero-order valence-electron chi connectivity index (χ0n) is 22.1. The van der Waals surface area contributed by atoms with Crippen molar-refractivity contribution in [3.05, 3.63) is 40.6 Å². The van der Waals surface area contributed by atoms with E-state index in [2.05, 4.69) is 0 Å². The molecule has 2 aromatic carbocycles. The molecule has 0 bridgehead atoms. The molecule has 3 aromatic rings. The molecule has 0 saturated carbocycles. The molecule has 5 rings (SSSR count). The summed E-state index contributed by atoms with van der Waals surface area (Å²) in [6.45, 7) is 2.85. The van der Waals surface area contributed by atoms with E-state index in [0.29, 0.717) is 0 Å². The van der Waals surface area contributed by atoms with Gasteiger partial charge in [0.2, 0.25) is 23.8 Å². The first-order chi connectivity index (χ1) is 19.8. The number of phenols is 3. The Morgan fingerprint density at radius 2 is 1.26 bits per heavy atom. The van der Waals surface area contributed by atoms with Gasteiger partial charge in [-0.25, -0.2) is 0 Å². The monoisotopic (exact) mass is 594 g/mol. The van der Waals surface area contributed by atoms with Gasteiger partial charge in [0.15, 0.2) is 17.3 Å². The lowest BCUT2D eigenvalue weighted by atomic mass is 10.00. The number of hydrogen-bond donors (Lipinski definition) is 9. The third-order valence-electron chi connectivity index (χ3n) is 7.23.